The molecule has 1 aliphatic rings. The first-order valence-corrected chi connectivity index (χ1v) is 5.73. The Balaban J connectivity index is 2.11. The summed E-state index contributed by atoms with van der Waals surface area (Å²) in [7, 11) is 1.86. The predicted octanol–water partition coefficient (Wildman–Crippen LogP) is 0.622. The molecule has 0 radical (unpaired) electrons. The molecule has 1 aliphatic heterocycles. The highest BCUT2D eigenvalue weighted by molar-refractivity contribution is 5.76. The van der Waals surface area contributed by atoms with Crippen LogP contribution in [-0.4, -0.2) is 49.7 Å². The molecule has 0 spiro atoms. The van der Waals surface area contributed by atoms with Crippen molar-refractivity contribution in [3.05, 3.63) is 0 Å². The predicted molar refractivity (Wildman–Crippen MR) is 59.7 cm³/mol. The van der Waals surface area contributed by atoms with E-state index in [1.807, 2.05) is 11.9 Å². The van der Waals surface area contributed by atoms with Crippen molar-refractivity contribution in [2.45, 2.75) is 38.8 Å². The standard InChI is InChI=1S/C11H22N2O2/c1-4-9(2)13(3)11(14)5-6-15-10-7-12-8-10/h9-10,12H,4-8H2,1-3H3. The number of ether oxygens (including phenoxy) is 1. The monoisotopic (exact) mass is 214 g/mol. The summed E-state index contributed by atoms with van der Waals surface area (Å²) in [5.74, 6) is 0.177. The van der Waals surface area contributed by atoms with E-state index in [0.29, 0.717) is 25.2 Å². The van der Waals surface area contributed by atoms with Gasteiger partial charge in [0.25, 0.3) is 0 Å². The van der Waals surface area contributed by atoms with Crippen LogP contribution in [0.1, 0.15) is 26.7 Å². The third kappa shape index (κ3) is 3.80. The summed E-state index contributed by atoms with van der Waals surface area (Å²) >= 11 is 0. The molecule has 1 N–H and O–H groups in total. The summed E-state index contributed by atoms with van der Waals surface area (Å²) in [6.07, 6.45) is 1.82. The van der Waals surface area contributed by atoms with Crippen molar-refractivity contribution >= 4 is 5.91 Å². The fourth-order valence-corrected chi connectivity index (χ4v) is 1.39. The number of hydrogen-bond donors (Lipinski definition) is 1. The molecule has 1 heterocycles. The van der Waals surface area contributed by atoms with Crippen LogP contribution < -0.4 is 5.32 Å². The van der Waals surface area contributed by atoms with Crippen molar-refractivity contribution in [1.82, 2.24) is 10.2 Å². The zero-order valence-corrected chi connectivity index (χ0v) is 9.95. The molecule has 1 fully saturated rings. The summed E-state index contributed by atoms with van der Waals surface area (Å²) in [6, 6.07) is 0.322. The molecule has 88 valence electrons. The highest BCUT2D eigenvalue weighted by Crippen LogP contribution is 2.04. The van der Waals surface area contributed by atoms with Gasteiger partial charge in [-0.1, -0.05) is 6.92 Å². The van der Waals surface area contributed by atoms with Gasteiger partial charge in [0, 0.05) is 26.2 Å². The fourth-order valence-electron chi connectivity index (χ4n) is 1.39. The second-order valence-corrected chi connectivity index (χ2v) is 4.16. The van der Waals surface area contributed by atoms with Crippen molar-refractivity contribution in [3.63, 3.8) is 0 Å². The summed E-state index contributed by atoms with van der Waals surface area (Å²) in [5.41, 5.74) is 0. The third-order valence-electron chi connectivity index (χ3n) is 3.06. The number of rotatable bonds is 6. The minimum absolute atomic E-state index is 0.177. The van der Waals surface area contributed by atoms with E-state index >= 15 is 0 Å². The van der Waals surface area contributed by atoms with E-state index in [0.717, 1.165) is 19.5 Å². The van der Waals surface area contributed by atoms with E-state index in [9.17, 15) is 4.79 Å². The minimum atomic E-state index is 0.177. The van der Waals surface area contributed by atoms with Gasteiger partial charge in [-0.25, -0.2) is 0 Å². The maximum absolute atomic E-state index is 11.7. The smallest absolute Gasteiger partial charge is 0.224 e. The zero-order valence-electron chi connectivity index (χ0n) is 9.95. The molecule has 1 rings (SSSR count). The lowest BCUT2D eigenvalue weighted by Crippen LogP contribution is -2.48. The van der Waals surface area contributed by atoms with Crippen LogP contribution in [0.25, 0.3) is 0 Å². The van der Waals surface area contributed by atoms with Crippen LogP contribution in [0.2, 0.25) is 0 Å². The van der Waals surface area contributed by atoms with Crippen LogP contribution >= 0.6 is 0 Å². The number of carbonyl (C=O) groups is 1. The number of hydrogen-bond acceptors (Lipinski definition) is 3. The molecule has 0 aliphatic carbocycles. The van der Waals surface area contributed by atoms with Crippen LogP contribution in [-0.2, 0) is 9.53 Å². The van der Waals surface area contributed by atoms with Crippen LogP contribution in [0.5, 0.6) is 0 Å². The highest BCUT2D eigenvalue weighted by atomic mass is 16.5. The normalized spacial score (nSPS) is 18.3. The lowest BCUT2D eigenvalue weighted by atomic mass is 10.2. The lowest BCUT2D eigenvalue weighted by molar-refractivity contribution is -0.133. The maximum atomic E-state index is 11.7. The summed E-state index contributed by atoms with van der Waals surface area (Å²) in [5, 5.41) is 3.13. The van der Waals surface area contributed by atoms with Crippen LogP contribution in [0.4, 0.5) is 0 Å². The average Bonchev–Trinajstić information content (AvgIpc) is 2.19. The fraction of sp³-hybridized carbons (Fsp3) is 0.909. The van der Waals surface area contributed by atoms with Gasteiger partial charge in [0.1, 0.15) is 0 Å². The number of nitrogens with zero attached hydrogens (tertiary/aromatic N) is 1. The first-order chi connectivity index (χ1) is 7.15. The Hall–Kier alpha value is -0.610. The number of nitrogens with one attached hydrogen (secondary N) is 1. The van der Waals surface area contributed by atoms with E-state index < -0.39 is 0 Å². The van der Waals surface area contributed by atoms with Gasteiger partial charge in [0.2, 0.25) is 5.91 Å². The van der Waals surface area contributed by atoms with Crippen molar-refractivity contribution < 1.29 is 9.53 Å². The Morgan fingerprint density at radius 1 is 1.60 bits per heavy atom. The molecule has 0 aromatic heterocycles. The molecule has 0 saturated carbocycles. The highest BCUT2D eigenvalue weighted by Gasteiger charge is 2.18. The molecule has 0 aromatic carbocycles. The molecule has 4 nitrogen and oxygen atoms in total. The van der Waals surface area contributed by atoms with Gasteiger partial charge in [-0.2, -0.15) is 0 Å². The quantitative estimate of drug-likeness (QED) is 0.705. The van der Waals surface area contributed by atoms with Gasteiger partial charge in [-0.15, -0.1) is 0 Å². The van der Waals surface area contributed by atoms with Crippen molar-refractivity contribution in [3.8, 4) is 0 Å². The van der Waals surface area contributed by atoms with Gasteiger partial charge >= 0.3 is 0 Å². The zero-order chi connectivity index (χ0) is 11.3. The van der Waals surface area contributed by atoms with Crippen LogP contribution in [0.15, 0.2) is 0 Å². The largest absolute Gasteiger partial charge is 0.375 e. The van der Waals surface area contributed by atoms with Crippen LogP contribution in [0, 0.1) is 0 Å². The van der Waals surface area contributed by atoms with Gasteiger partial charge in [-0.3, -0.25) is 4.79 Å². The molecule has 1 saturated heterocycles. The lowest BCUT2D eigenvalue weighted by Gasteiger charge is -2.28. The molecular weight excluding hydrogens is 192 g/mol. The number of carbonyl (C=O) groups excluding carboxylic acids is 1. The Labute approximate surface area is 92.0 Å². The van der Waals surface area contributed by atoms with E-state index in [4.69, 9.17) is 4.74 Å². The van der Waals surface area contributed by atoms with Gasteiger partial charge in [0.15, 0.2) is 0 Å². The molecule has 1 atom stereocenters. The van der Waals surface area contributed by atoms with Gasteiger partial charge < -0.3 is 15.0 Å². The Kier molecular flexibility index (Phi) is 5.05. The molecule has 1 unspecified atom stereocenters. The molecule has 4 heteroatoms. The molecule has 15 heavy (non-hydrogen) atoms. The molecular formula is C11H22N2O2. The topological polar surface area (TPSA) is 41.6 Å². The number of amides is 1. The maximum Gasteiger partial charge on any atom is 0.224 e. The van der Waals surface area contributed by atoms with E-state index in [-0.39, 0.29) is 5.91 Å². The first-order valence-electron chi connectivity index (χ1n) is 5.73. The van der Waals surface area contributed by atoms with Crippen molar-refractivity contribution in [1.29, 1.82) is 0 Å². The van der Waals surface area contributed by atoms with E-state index in [1.54, 1.807) is 0 Å². The second-order valence-electron chi connectivity index (χ2n) is 4.16. The summed E-state index contributed by atoms with van der Waals surface area (Å²) in [6.45, 7) is 6.55. The van der Waals surface area contributed by atoms with Gasteiger partial charge in [-0.05, 0) is 13.3 Å². The van der Waals surface area contributed by atoms with Crippen molar-refractivity contribution in [2.24, 2.45) is 0 Å². The molecule has 1 amide bonds. The summed E-state index contributed by atoms with van der Waals surface area (Å²) in [4.78, 5) is 13.5. The molecule has 0 aromatic rings. The SMILES string of the molecule is CCC(C)N(C)C(=O)CCOC1CNC1. The minimum Gasteiger partial charge on any atom is -0.375 e. The summed E-state index contributed by atoms with van der Waals surface area (Å²) < 4.78 is 5.50. The van der Waals surface area contributed by atoms with E-state index in [1.165, 1.54) is 0 Å². The van der Waals surface area contributed by atoms with Gasteiger partial charge in [0.05, 0.1) is 19.1 Å². The Morgan fingerprint density at radius 2 is 2.27 bits per heavy atom. The third-order valence-corrected chi connectivity index (χ3v) is 3.06. The van der Waals surface area contributed by atoms with Crippen LogP contribution in [0.3, 0.4) is 0 Å². The Morgan fingerprint density at radius 3 is 2.73 bits per heavy atom. The average molecular weight is 214 g/mol. The molecule has 0 bridgehead atoms. The Bertz CT molecular complexity index is 205. The van der Waals surface area contributed by atoms with E-state index in [2.05, 4.69) is 19.2 Å². The first kappa shape index (κ1) is 12.5. The second kappa shape index (κ2) is 6.08. The van der Waals surface area contributed by atoms with Crippen molar-refractivity contribution in [2.75, 3.05) is 26.7 Å².